The fraction of sp³-hybridized carbons (Fsp3) is 0.286. The van der Waals surface area contributed by atoms with Crippen molar-refractivity contribution >= 4 is 11.8 Å². The molecule has 3 aromatic carbocycles. The van der Waals surface area contributed by atoms with E-state index in [9.17, 15) is 14.0 Å². The molecular weight excluding hydrogens is 415 g/mol. The van der Waals surface area contributed by atoms with E-state index in [4.69, 9.17) is 0 Å². The Labute approximate surface area is 195 Å². The van der Waals surface area contributed by atoms with Gasteiger partial charge in [-0.2, -0.15) is 0 Å². The van der Waals surface area contributed by atoms with Gasteiger partial charge in [-0.1, -0.05) is 92.7 Å². The number of carbonyl (C=O) groups is 2. The van der Waals surface area contributed by atoms with E-state index in [1.54, 1.807) is 18.2 Å². The van der Waals surface area contributed by atoms with E-state index in [0.717, 1.165) is 11.1 Å². The van der Waals surface area contributed by atoms with Crippen molar-refractivity contribution in [2.45, 2.75) is 39.3 Å². The summed E-state index contributed by atoms with van der Waals surface area (Å²) in [5.74, 6) is -0.571. The fourth-order valence-electron chi connectivity index (χ4n) is 3.66. The maximum atomic E-state index is 14.5. The SMILES string of the molecule is CC(C)CNC(=O)C(Cc1ccccc1)N(Cc1ccccc1F)C(=O)Cc1ccccc1. The number of halogens is 1. The predicted octanol–water partition coefficient (Wildman–Crippen LogP) is 4.78. The van der Waals surface area contributed by atoms with Gasteiger partial charge < -0.3 is 10.2 Å². The lowest BCUT2D eigenvalue weighted by molar-refractivity contribution is -0.140. The number of benzene rings is 3. The van der Waals surface area contributed by atoms with Gasteiger partial charge in [0.25, 0.3) is 0 Å². The zero-order valence-electron chi connectivity index (χ0n) is 19.2. The molecule has 172 valence electrons. The highest BCUT2D eigenvalue weighted by Crippen LogP contribution is 2.18. The molecule has 2 amide bonds. The van der Waals surface area contributed by atoms with E-state index in [1.807, 2.05) is 74.5 Å². The molecule has 1 atom stereocenters. The third-order valence-electron chi connectivity index (χ3n) is 5.45. The Kier molecular flexibility index (Phi) is 8.76. The second-order valence-electron chi connectivity index (χ2n) is 8.62. The van der Waals surface area contributed by atoms with Gasteiger partial charge in [0.05, 0.1) is 6.42 Å². The van der Waals surface area contributed by atoms with Crippen LogP contribution < -0.4 is 5.32 Å². The molecule has 3 aromatic rings. The first kappa shape index (κ1) is 24.2. The van der Waals surface area contributed by atoms with Crippen LogP contribution in [0.3, 0.4) is 0 Å². The number of hydrogen-bond acceptors (Lipinski definition) is 2. The van der Waals surface area contributed by atoms with Gasteiger partial charge in [0.15, 0.2) is 0 Å². The zero-order valence-corrected chi connectivity index (χ0v) is 19.2. The van der Waals surface area contributed by atoms with E-state index in [-0.39, 0.29) is 30.7 Å². The summed E-state index contributed by atoms with van der Waals surface area (Å²) in [6.07, 6.45) is 0.484. The second kappa shape index (κ2) is 12.0. The Hall–Kier alpha value is -3.47. The van der Waals surface area contributed by atoms with Crippen molar-refractivity contribution in [3.8, 4) is 0 Å². The van der Waals surface area contributed by atoms with Gasteiger partial charge in [-0.25, -0.2) is 4.39 Å². The summed E-state index contributed by atoms with van der Waals surface area (Å²) < 4.78 is 14.5. The highest BCUT2D eigenvalue weighted by molar-refractivity contribution is 5.88. The Morgan fingerprint density at radius 2 is 1.42 bits per heavy atom. The van der Waals surface area contributed by atoms with Crippen LogP contribution in [0.25, 0.3) is 0 Å². The molecule has 0 radical (unpaired) electrons. The Morgan fingerprint density at radius 1 is 0.848 bits per heavy atom. The first-order valence-electron chi connectivity index (χ1n) is 11.3. The monoisotopic (exact) mass is 446 g/mol. The first-order chi connectivity index (χ1) is 15.9. The lowest BCUT2D eigenvalue weighted by atomic mass is 10.0. The Bertz CT molecular complexity index is 1040. The molecule has 33 heavy (non-hydrogen) atoms. The van der Waals surface area contributed by atoms with Crippen molar-refractivity contribution in [1.82, 2.24) is 10.2 Å². The molecule has 0 bridgehead atoms. The molecule has 0 aliphatic carbocycles. The summed E-state index contributed by atoms with van der Waals surface area (Å²) in [6.45, 7) is 4.56. The molecule has 3 rings (SSSR count). The molecule has 4 nitrogen and oxygen atoms in total. The molecule has 1 unspecified atom stereocenters. The molecule has 0 heterocycles. The van der Waals surface area contributed by atoms with Crippen LogP contribution in [0.15, 0.2) is 84.9 Å². The first-order valence-corrected chi connectivity index (χ1v) is 11.3. The van der Waals surface area contributed by atoms with Crippen molar-refractivity contribution in [2.24, 2.45) is 5.92 Å². The van der Waals surface area contributed by atoms with Crippen molar-refractivity contribution in [3.05, 3.63) is 107 Å². The number of rotatable bonds is 10. The van der Waals surface area contributed by atoms with Crippen molar-refractivity contribution in [3.63, 3.8) is 0 Å². The number of carbonyl (C=O) groups excluding carboxylic acids is 2. The largest absolute Gasteiger partial charge is 0.354 e. The standard InChI is InChI=1S/C28H31FN2O2/c1-21(2)19-30-28(33)26(17-22-11-5-3-6-12-22)31(20-24-15-9-10-16-25(24)29)27(32)18-23-13-7-4-8-14-23/h3-16,21,26H,17-20H2,1-2H3,(H,30,33). The van der Waals surface area contributed by atoms with Crippen LogP contribution in [0.4, 0.5) is 4.39 Å². The summed E-state index contributed by atoms with van der Waals surface area (Å²) in [5, 5.41) is 2.98. The van der Waals surface area contributed by atoms with Gasteiger partial charge in [-0.15, -0.1) is 0 Å². The zero-order chi connectivity index (χ0) is 23.6. The number of nitrogens with one attached hydrogen (secondary N) is 1. The van der Waals surface area contributed by atoms with Crippen molar-refractivity contribution < 1.29 is 14.0 Å². The molecule has 0 spiro atoms. The summed E-state index contributed by atoms with van der Waals surface area (Å²) >= 11 is 0. The minimum atomic E-state index is -0.762. The third kappa shape index (κ3) is 7.28. The molecule has 0 aliphatic heterocycles. The summed E-state index contributed by atoms with van der Waals surface area (Å²) in [7, 11) is 0. The molecule has 0 saturated carbocycles. The normalized spacial score (nSPS) is 11.8. The van der Waals surface area contributed by atoms with Crippen LogP contribution in [0.5, 0.6) is 0 Å². The lowest BCUT2D eigenvalue weighted by Gasteiger charge is -2.32. The maximum absolute atomic E-state index is 14.5. The molecule has 0 saturated heterocycles. The molecule has 0 aromatic heterocycles. The van der Waals surface area contributed by atoms with Crippen molar-refractivity contribution in [2.75, 3.05) is 6.54 Å². The summed E-state index contributed by atoms with van der Waals surface area (Å²) in [5.41, 5.74) is 2.17. The Balaban J connectivity index is 1.95. The van der Waals surface area contributed by atoms with E-state index in [2.05, 4.69) is 5.32 Å². The van der Waals surface area contributed by atoms with E-state index < -0.39 is 11.9 Å². The topological polar surface area (TPSA) is 49.4 Å². The van der Waals surface area contributed by atoms with Crippen LogP contribution in [0.1, 0.15) is 30.5 Å². The lowest BCUT2D eigenvalue weighted by Crippen LogP contribution is -2.51. The van der Waals surface area contributed by atoms with Crippen LogP contribution in [0.2, 0.25) is 0 Å². The van der Waals surface area contributed by atoms with Crippen molar-refractivity contribution in [1.29, 1.82) is 0 Å². The van der Waals surface area contributed by atoms with Gasteiger partial charge in [0.1, 0.15) is 11.9 Å². The highest BCUT2D eigenvalue weighted by atomic mass is 19.1. The molecule has 0 fully saturated rings. The van der Waals surface area contributed by atoms with Crippen LogP contribution in [0, 0.1) is 11.7 Å². The molecular formula is C28H31FN2O2. The summed E-state index contributed by atoms with van der Waals surface area (Å²) in [4.78, 5) is 28.4. The Morgan fingerprint density at radius 3 is 2.03 bits per heavy atom. The van der Waals surface area contributed by atoms with Gasteiger partial charge in [0, 0.05) is 25.1 Å². The average molecular weight is 447 g/mol. The quantitative estimate of drug-likeness (QED) is 0.487. The fourth-order valence-corrected chi connectivity index (χ4v) is 3.66. The summed E-state index contributed by atoms with van der Waals surface area (Å²) in [6, 6.07) is 24.6. The van der Waals surface area contributed by atoms with Crippen LogP contribution >= 0.6 is 0 Å². The van der Waals surface area contributed by atoms with Gasteiger partial charge in [-0.3, -0.25) is 9.59 Å². The van der Waals surface area contributed by atoms with E-state index in [0.29, 0.717) is 18.5 Å². The number of nitrogens with zero attached hydrogens (tertiary/aromatic N) is 1. The minimum Gasteiger partial charge on any atom is -0.354 e. The van der Waals surface area contributed by atoms with Gasteiger partial charge in [-0.05, 0) is 23.1 Å². The van der Waals surface area contributed by atoms with Crippen LogP contribution in [-0.4, -0.2) is 29.3 Å². The molecule has 1 N–H and O–H groups in total. The van der Waals surface area contributed by atoms with Gasteiger partial charge in [0.2, 0.25) is 11.8 Å². The predicted molar refractivity (Wildman–Crippen MR) is 129 cm³/mol. The van der Waals surface area contributed by atoms with Crippen LogP contribution in [-0.2, 0) is 29.0 Å². The number of amides is 2. The molecule has 0 aliphatic rings. The van der Waals surface area contributed by atoms with E-state index in [1.165, 1.54) is 11.0 Å². The highest BCUT2D eigenvalue weighted by Gasteiger charge is 2.31. The van der Waals surface area contributed by atoms with Gasteiger partial charge >= 0.3 is 0 Å². The van der Waals surface area contributed by atoms with E-state index >= 15 is 0 Å². The maximum Gasteiger partial charge on any atom is 0.243 e. The minimum absolute atomic E-state index is 0.0188. The smallest absolute Gasteiger partial charge is 0.243 e. The second-order valence-corrected chi connectivity index (χ2v) is 8.62. The number of hydrogen-bond donors (Lipinski definition) is 1. The average Bonchev–Trinajstić information content (AvgIpc) is 2.82. The molecule has 5 heteroatoms. The third-order valence-corrected chi connectivity index (χ3v) is 5.45.